The fourth-order valence-corrected chi connectivity index (χ4v) is 4.67. The maximum absolute atomic E-state index is 13.1. The topological polar surface area (TPSA) is 59.4 Å². The van der Waals surface area contributed by atoms with Crippen LogP contribution in [0.5, 0.6) is 0 Å². The molecule has 1 heterocycles. The van der Waals surface area contributed by atoms with E-state index in [2.05, 4.69) is 39.4 Å². The standard InChI is InChI=1S/C31H28N4O/c32-22-24-7-6-8-25(21-24)23-34-17-19-35(20-18-34)28-15-13-27(14-16-28)33-31(36)30-12-5-4-11-29(30)26-9-2-1-3-10-26/h1-16,21H,17-20,23H2,(H,33,36). The van der Waals surface area contributed by atoms with Crippen LogP contribution < -0.4 is 10.2 Å². The Morgan fingerprint density at radius 3 is 2.28 bits per heavy atom. The van der Waals surface area contributed by atoms with E-state index in [1.807, 2.05) is 84.9 Å². The number of nitriles is 1. The highest BCUT2D eigenvalue weighted by atomic mass is 16.1. The Hall–Kier alpha value is -4.40. The summed E-state index contributed by atoms with van der Waals surface area (Å²) < 4.78 is 0. The lowest BCUT2D eigenvalue weighted by molar-refractivity contribution is 0.102. The number of carbonyl (C=O) groups is 1. The molecule has 5 heteroatoms. The first kappa shape index (κ1) is 23.3. The van der Waals surface area contributed by atoms with Gasteiger partial charge in [-0.3, -0.25) is 9.69 Å². The Kier molecular flexibility index (Phi) is 7.07. The Morgan fingerprint density at radius 2 is 1.53 bits per heavy atom. The minimum Gasteiger partial charge on any atom is -0.369 e. The number of nitrogens with one attached hydrogen (secondary N) is 1. The highest BCUT2D eigenvalue weighted by Crippen LogP contribution is 2.25. The number of anilines is 2. The van der Waals surface area contributed by atoms with E-state index in [0.717, 1.165) is 55.2 Å². The molecule has 4 aromatic carbocycles. The summed E-state index contributed by atoms with van der Waals surface area (Å²) in [5, 5.41) is 12.2. The summed E-state index contributed by atoms with van der Waals surface area (Å²) in [6, 6.07) is 35.8. The van der Waals surface area contributed by atoms with Gasteiger partial charge in [0, 0.05) is 49.7 Å². The van der Waals surface area contributed by atoms with Gasteiger partial charge in [0.2, 0.25) is 0 Å². The van der Waals surface area contributed by atoms with Crippen molar-refractivity contribution in [2.45, 2.75) is 6.54 Å². The number of hydrogen-bond acceptors (Lipinski definition) is 4. The van der Waals surface area contributed by atoms with Crippen LogP contribution in [0.2, 0.25) is 0 Å². The number of nitrogens with zero attached hydrogens (tertiary/aromatic N) is 3. The third-order valence-electron chi connectivity index (χ3n) is 6.58. The van der Waals surface area contributed by atoms with Crippen molar-refractivity contribution in [2.24, 2.45) is 0 Å². The summed E-state index contributed by atoms with van der Waals surface area (Å²) in [4.78, 5) is 17.9. The van der Waals surface area contributed by atoms with Crippen LogP contribution in [0.3, 0.4) is 0 Å². The van der Waals surface area contributed by atoms with E-state index >= 15 is 0 Å². The van der Waals surface area contributed by atoms with E-state index in [4.69, 9.17) is 5.26 Å². The zero-order chi connectivity index (χ0) is 24.7. The minimum atomic E-state index is -0.115. The molecule has 1 N–H and O–H groups in total. The fraction of sp³-hybridized carbons (Fsp3) is 0.161. The molecule has 0 bridgehead atoms. The summed E-state index contributed by atoms with van der Waals surface area (Å²) in [6.07, 6.45) is 0. The van der Waals surface area contributed by atoms with Gasteiger partial charge in [0.15, 0.2) is 0 Å². The van der Waals surface area contributed by atoms with Crippen molar-refractivity contribution in [2.75, 3.05) is 36.4 Å². The number of benzene rings is 4. The van der Waals surface area contributed by atoms with Gasteiger partial charge in [0.1, 0.15) is 0 Å². The Labute approximate surface area is 212 Å². The molecular formula is C31H28N4O. The van der Waals surface area contributed by atoms with E-state index in [1.165, 1.54) is 5.56 Å². The lowest BCUT2D eigenvalue weighted by atomic mass is 9.99. The maximum Gasteiger partial charge on any atom is 0.256 e. The van der Waals surface area contributed by atoms with Crippen LogP contribution in [0.1, 0.15) is 21.5 Å². The van der Waals surface area contributed by atoms with E-state index in [0.29, 0.717) is 11.1 Å². The van der Waals surface area contributed by atoms with Crippen molar-refractivity contribution in [1.82, 2.24) is 4.90 Å². The van der Waals surface area contributed by atoms with Gasteiger partial charge in [-0.25, -0.2) is 0 Å². The minimum absolute atomic E-state index is 0.115. The Balaban J connectivity index is 1.19. The number of hydrogen-bond donors (Lipinski definition) is 1. The molecule has 1 amide bonds. The third-order valence-corrected chi connectivity index (χ3v) is 6.58. The lowest BCUT2D eigenvalue weighted by Gasteiger charge is -2.36. The van der Waals surface area contributed by atoms with Gasteiger partial charge in [-0.2, -0.15) is 5.26 Å². The second-order valence-electron chi connectivity index (χ2n) is 8.99. The zero-order valence-corrected chi connectivity index (χ0v) is 20.1. The van der Waals surface area contributed by atoms with Gasteiger partial charge in [0.05, 0.1) is 11.6 Å². The van der Waals surface area contributed by atoms with Gasteiger partial charge < -0.3 is 10.2 Å². The second-order valence-corrected chi connectivity index (χ2v) is 8.99. The summed E-state index contributed by atoms with van der Waals surface area (Å²) in [5.74, 6) is -0.115. The largest absolute Gasteiger partial charge is 0.369 e. The van der Waals surface area contributed by atoms with Crippen molar-refractivity contribution in [3.05, 3.63) is 120 Å². The molecule has 1 aliphatic rings. The predicted molar refractivity (Wildman–Crippen MR) is 145 cm³/mol. The van der Waals surface area contributed by atoms with Gasteiger partial charge >= 0.3 is 0 Å². The Morgan fingerprint density at radius 1 is 0.806 bits per heavy atom. The van der Waals surface area contributed by atoms with Gasteiger partial charge in [-0.1, -0.05) is 60.7 Å². The molecular weight excluding hydrogens is 444 g/mol. The van der Waals surface area contributed by atoms with E-state index in [1.54, 1.807) is 0 Å². The van der Waals surface area contributed by atoms with Gasteiger partial charge in [0.25, 0.3) is 5.91 Å². The van der Waals surface area contributed by atoms with Crippen LogP contribution in [0.4, 0.5) is 11.4 Å². The number of piperazine rings is 1. The van der Waals surface area contributed by atoms with Crippen molar-refractivity contribution >= 4 is 17.3 Å². The molecule has 36 heavy (non-hydrogen) atoms. The van der Waals surface area contributed by atoms with E-state index in [9.17, 15) is 4.79 Å². The number of carbonyl (C=O) groups excluding carboxylic acids is 1. The monoisotopic (exact) mass is 472 g/mol. The summed E-state index contributed by atoms with van der Waals surface area (Å²) in [7, 11) is 0. The third kappa shape index (κ3) is 5.46. The maximum atomic E-state index is 13.1. The second kappa shape index (κ2) is 10.9. The predicted octanol–water partition coefficient (Wildman–Crippen LogP) is 5.80. The lowest BCUT2D eigenvalue weighted by Crippen LogP contribution is -2.45. The average Bonchev–Trinajstić information content (AvgIpc) is 2.94. The first-order valence-corrected chi connectivity index (χ1v) is 12.2. The van der Waals surface area contributed by atoms with Crippen molar-refractivity contribution in [1.29, 1.82) is 5.26 Å². The van der Waals surface area contributed by atoms with Crippen LogP contribution in [0.25, 0.3) is 11.1 Å². The molecule has 0 saturated carbocycles. The van der Waals surface area contributed by atoms with Gasteiger partial charge in [-0.15, -0.1) is 0 Å². The van der Waals surface area contributed by atoms with Crippen LogP contribution in [-0.4, -0.2) is 37.0 Å². The molecule has 5 rings (SSSR count). The normalized spacial score (nSPS) is 13.7. The van der Waals surface area contributed by atoms with E-state index in [-0.39, 0.29) is 5.91 Å². The molecule has 0 atom stereocenters. The first-order chi connectivity index (χ1) is 17.7. The highest BCUT2D eigenvalue weighted by Gasteiger charge is 2.18. The average molecular weight is 473 g/mol. The zero-order valence-electron chi connectivity index (χ0n) is 20.1. The van der Waals surface area contributed by atoms with Crippen molar-refractivity contribution < 1.29 is 4.79 Å². The summed E-state index contributed by atoms with van der Waals surface area (Å²) >= 11 is 0. The molecule has 1 aliphatic heterocycles. The van der Waals surface area contributed by atoms with Crippen LogP contribution >= 0.6 is 0 Å². The molecule has 1 saturated heterocycles. The van der Waals surface area contributed by atoms with E-state index < -0.39 is 0 Å². The molecule has 0 spiro atoms. The van der Waals surface area contributed by atoms with Crippen LogP contribution in [0.15, 0.2) is 103 Å². The summed E-state index contributed by atoms with van der Waals surface area (Å²) in [6.45, 7) is 4.66. The van der Waals surface area contributed by atoms with Crippen LogP contribution in [0, 0.1) is 11.3 Å². The molecule has 0 aromatic heterocycles. The molecule has 0 radical (unpaired) electrons. The SMILES string of the molecule is N#Cc1cccc(CN2CCN(c3ccc(NC(=O)c4ccccc4-c4ccccc4)cc3)CC2)c1. The van der Waals surface area contributed by atoms with Crippen molar-refractivity contribution in [3.8, 4) is 17.2 Å². The first-order valence-electron chi connectivity index (χ1n) is 12.2. The quantitative estimate of drug-likeness (QED) is 0.385. The number of rotatable bonds is 6. The molecule has 1 fully saturated rings. The molecule has 178 valence electrons. The molecule has 0 aliphatic carbocycles. The highest BCUT2D eigenvalue weighted by molar-refractivity contribution is 6.08. The number of amides is 1. The molecule has 4 aromatic rings. The Bertz CT molecular complexity index is 1370. The smallest absolute Gasteiger partial charge is 0.256 e. The fourth-order valence-electron chi connectivity index (χ4n) is 4.67. The van der Waals surface area contributed by atoms with Crippen molar-refractivity contribution in [3.63, 3.8) is 0 Å². The summed E-state index contributed by atoms with van der Waals surface area (Å²) in [5.41, 5.74) is 6.42. The molecule has 0 unspecified atom stereocenters. The van der Waals surface area contributed by atoms with Crippen LogP contribution in [-0.2, 0) is 6.54 Å². The molecule has 5 nitrogen and oxygen atoms in total. The van der Waals surface area contributed by atoms with Gasteiger partial charge in [-0.05, 0) is 59.2 Å².